The first-order valence-electron chi connectivity index (χ1n) is 8.61. The molecule has 0 aliphatic carbocycles. The average Bonchev–Trinajstić information content (AvgIpc) is 2.94. The van der Waals surface area contributed by atoms with Crippen LogP contribution in [0.3, 0.4) is 0 Å². The van der Waals surface area contributed by atoms with Crippen LogP contribution in [0, 0.1) is 6.92 Å². The molecule has 0 aliphatic rings. The van der Waals surface area contributed by atoms with E-state index >= 15 is 0 Å². The molecule has 4 nitrogen and oxygen atoms in total. The summed E-state index contributed by atoms with van der Waals surface area (Å²) in [5, 5.41) is 1.97. The lowest BCUT2D eigenvalue weighted by molar-refractivity contribution is -0.155. The number of ether oxygens (including phenoxy) is 2. The number of hydrogen-bond acceptors (Lipinski definition) is 5. The van der Waals surface area contributed by atoms with Crippen molar-refractivity contribution >= 4 is 23.3 Å². The van der Waals surface area contributed by atoms with Crippen molar-refractivity contribution < 1.29 is 19.1 Å². The molecule has 0 radical (unpaired) electrons. The summed E-state index contributed by atoms with van der Waals surface area (Å²) in [6.45, 7) is 9.55. The number of esters is 2. The van der Waals surface area contributed by atoms with Gasteiger partial charge in [0.25, 0.3) is 0 Å². The van der Waals surface area contributed by atoms with Gasteiger partial charge in [0, 0.05) is 0 Å². The van der Waals surface area contributed by atoms with Gasteiger partial charge in [-0.05, 0) is 61.2 Å². The van der Waals surface area contributed by atoms with Gasteiger partial charge in [-0.3, -0.25) is 4.79 Å². The zero-order chi connectivity index (χ0) is 19.5. The number of hydrogen-bond donors (Lipinski definition) is 0. The number of carbonyl (C=O) groups is 2. The van der Waals surface area contributed by atoms with Gasteiger partial charge in [-0.15, -0.1) is 11.3 Å². The summed E-state index contributed by atoms with van der Waals surface area (Å²) >= 11 is 1.39. The van der Waals surface area contributed by atoms with Crippen LogP contribution in [0.5, 0.6) is 0 Å². The molecule has 0 saturated heterocycles. The van der Waals surface area contributed by atoms with Crippen molar-refractivity contribution in [3.8, 4) is 11.1 Å². The third-order valence-electron chi connectivity index (χ3n) is 4.07. The van der Waals surface area contributed by atoms with Gasteiger partial charge in [-0.2, -0.15) is 0 Å². The molecule has 1 heterocycles. The fourth-order valence-electron chi connectivity index (χ4n) is 2.76. The minimum atomic E-state index is -0.475. The van der Waals surface area contributed by atoms with Gasteiger partial charge in [-0.1, -0.05) is 31.2 Å². The highest BCUT2D eigenvalue weighted by Crippen LogP contribution is 2.33. The van der Waals surface area contributed by atoms with Crippen LogP contribution < -0.4 is 0 Å². The summed E-state index contributed by atoms with van der Waals surface area (Å²) < 4.78 is 10.2. The molecular formula is C21H26O4S. The quantitative estimate of drug-likeness (QED) is 0.662. The molecule has 1 unspecified atom stereocenters. The molecule has 0 fully saturated rings. The van der Waals surface area contributed by atoms with Crippen LogP contribution in [0.1, 0.15) is 60.8 Å². The lowest BCUT2D eigenvalue weighted by Gasteiger charge is -2.21. The lowest BCUT2D eigenvalue weighted by atomic mass is 9.93. The monoisotopic (exact) mass is 374 g/mol. The van der Waals surface area contributed by atoms with E-state index in [1.165, 1.54) is 18.4 Å². The van der Waals surface area contributed by atoms with Gasteiger partial charge in [0.1, 0.15) is 10.5 Å². The number of carbonyl (C=O) groups excluding carboxylic acids is 2. The largest absolute Gasteiger partial charge is 0.465 e. The Morgan fingerprint density at radius 3 is 2.54 bits per heavy atom. The summed E-state index contributed by atoms with van der Waals surface area (Å²) in [6, 6.07) is 8.08. The smallest absolute Gasteiger partial charge is 0.348 e. The molecule has 2 rings (SSSR count). The lowest BCUT2D eigenvalue weighted by Crippen LogP contribution is -2.24. The van der Waals surface area contributed by atoms with Crippen LogP contribution in [-0.4, -0.2) is 24.6 Å². The topological polar surface area (TPSA) is 52.6 Å². The first-order chi connectivity index (χ1) is 12.1. The Hall–Kier alpha value is -2.14. The summed E-state index contributed by atoms with van der Waals surface area (Å²) in [6.07, 6.45) is 0.330. The third-order valence-corrected chi connectivity index (χ3v) is 5.13. The first kappa shape index (κ1) is 20.2. The summed E-state index contributed by atoms with van der Waals surface area (Å²) in [5.74, 6) is -0.466. The van der Waals surface area contributed by atoms with E-state index in [1.54, 1.807) is 0 Å². The van der Waals surface area contributed by atoms with Crippen LogP contribution >= 0.6 is 11.3 Å². The summed E-state index contributed by atoms with van der Waals surface area (Å²) in [7, 11) is 1.39. The zero-order valence-corrected chi connectivity index (χ0v) is 17.0. The number of thiophene rings is 1. The predicted molar refractivity (Wildman–Crippen MR) is 105 cm³/mol. The van der Waals surface area contributed by atoms with Crippen molar-refractivity contribution in [1.29, 1.82) is 0 Å². The molecule has 0 saturated carbocycles. The van der Waals surface area contributed by atoms with Gasteiger partial charge >= 0.3 is 11.9 Å². The Labute approximate surface area is 159 Å². The molecule has 0 spiro atoms. The van der Waals surface area contributed by atoms with Gasteiger partial charge in [0.15, 0.2) is 0 Å². The van der Waals surface area contributed by atoms with Crippen molar-refractivity contribution in [1.82, 2.24) is 0 Å². The highest BCUT2D eigenvalue weighted by Gasteiger charge is 2.20. The maximum atomic E-state index is 12.1. The Balaban J connectivity index is 2.22. The maximum absolute atomic E-state index is 12.1. The van der Waals surface area contributed by atoms with Gasteiger partial charge in [-0.25, -0.2) is 4.79 Å². The number of methoxy groups -OCH3 is 1. The van der Waals surface area contributed by atoms with E-state index < -0.39 is 5.60 Å². The van der Waals surface area contributed by atoms with E-state index in [1.807, 2.05) is 58.2 Å². The SMILES string of the molecule is COC(=O)c1scc(-c2cccc(C(C)CC(=O)OC(C)(C)C)c2)c1C. The van der Waals surface area contributed by atoms with Crippen molar-refractivity contribution in [2.24, 2.45) is 0 Å². The van der Waals surface area contributed by atoms with E-state index in [9.17, 15) is 9.59 Å². The molecule has 26 heavy (non-hydrogen) atoms. The molecular weight excluding hydrogens is 348 g/mol. The highest BCUT2D eigenvalue weighted by molar-refractivity contribution is 7.12. The van der Waals surface area contributed by atoms with Crippen molar-refractivity contribution in [2.45, 2.75) is 52.6 Å². The predicted octanol–water partition coefficient (Wildman–Crippen LogP) is 5.35. The van der Waals surface area contributed by atoms with E-state index in [4.69, 9.17) is 9.47 Å². The first-order valence-corrected chi connectivity index (χ1v) is 9.49. The van der Waals surface area contributed by atoms with Crippen LogP contribution in [0.15, 0.2) is 29.6 Å². The Bertz CT molecular complexity index is 799. The van der Waals surface area contributed by atoms with Crippen molar-refractivity contribution in [3.63, 3.8) is 0 Å². The van der Waals surface area contributed by atoms with Crippen LogP contribution in [0.2, 0.25) is 0 Å². The number of rotatable bonds is 5. The molecule has 2 aromatic rings. The van der Waals surface area contributed by atoms with E-state index in [-0.39, 0.29) is 17.9 Å². The number of benzene rings is 1. The molecule has 140 valence electrons. The van der Waals surface area contributed by atoms with Crippen molar-refractivity contribution in [3.05, 3.63) is 45.6 Å². The normalized spacial score (nSPS) is 12.5. The second-order valence-electron chi connectivity index (χ2n) is 7.41. The third kappa shape index (κ3) is 4.94. The standard InChI is InChI=1S/C21H26O4S/c1-13(10-18(22)25-21(3,4)5)15-8-7-9-16(11-15)17-12-26-19(14(17)2)20(23)24-6/h7-9,11-13H,10H2,1-6H3. The Kier molecular flexibility index (Phi) is 6.24. The molecule has 1 aromatic carbocycles. The van der Waals surface area contributed by atoms with Crippen molar-refractivity contribution in [2.75, 3.05) is 7.11 Å². The van der Waals surface area contributed by atoms with Gasteiger partial charge in [0.2, 0.25) is 0 Å². The molecule has 0 bridgehead atoms. The molecule has 0 N–H and O–H groups in total. The molecule has 0 amide bonds. The fraction of sp³-hybridized carbons (Fsp3) is 0.429. The van der Waals surface area contributed by atoms with E-state index in [0.717, 1.165) is 22.3 Å². The second kappa shape index (κ2) is 8.04. The fourth-order valence-corrected chi connectivity index (χ4v) is 3.77. The molecule has 0 aliphatic heterocycles. The van der Waals surface area contributed by atoms with Gasteiger partial charge in [0.05, 0.1) is 13.5 Å². The average molecular weight is 375 g/mol. The van der Waals surface area contributed by atoms with E-state index in [2.05, 4.69) is 6.07 Å². The minimum absolute atomic E-state index is 0.0452. The van der Waals surface area contributed by atoms with Crippen LogP contribution in [-0.2, 0) is 14.3 Å². The molecule has 1 atom stereocenters. The van der Waals surface area contributed by atoms with Crippen LogP contribution in [0.4, 0.5) is 0 Å². The van der Waals surface area contributed by atoms with Crippen LogP contribution in [0.25, 0.3) is 11.1 Å². The summed E-state index contributed by atoms with van der Waals surface area (Å²) in [5.41, 5.74) is 3.55. The minimum Gasteiger partial charge on any atom is -0.465 e. The second-order valence-corrected chi connectivity index (χ2v) is 8.29. The van der Waals surface area contributed by atoms with Gasteiger partial charge < -0.3 is 9.47 Å². The summed E-state index contributed by atoms with van der Waals surface area (Å²) in [4.78, 5) is 24.5. The molecule has 1 aromatic heterocycles. The van der Waals surface area contributed by atoms with E-state index in [0.29, 0.717) is 11.3 Å². The Morgan fingerprint density at radius 2 is 1.92 bits per heavy atom. The highest BCUT2D eigenvalue weighted by atomic mass is 32.1. The Morgan fingerprint density at radius 1 is 1.23 bits per heavy atom. The zero-order valence-electron chi connectivity index (χ0n) is 16.2. The maximum Gasteiger partial charge on any atom is 0.348 e. The molecule has 5 heteroatoms.